The van der Waals surface area contributed by atoms with E-state index in [4.69, 9.17) is 14.0 Å². The zero-order valence-electron chi connectivity index (χ0n) is 13.2. The molecule has 0 N–H and O–H groups in total. The first-order valence-electron chi connectivity index (χ1n) is 7.33. The lowest BCUT2D eigenvalue weighted by Crippen LogP contribution is -2.16. The van der Waals surface area contributed by atoms with Crippen LogP contribution in [0.15, 0.2) is 47.0 Å². The topological polar surface area (TPSA) is 53.7 Å². The summed E-state index contributed by atoms with van der Waals surface area (Å²) in [5.41, 5.74) is 2.06. The quantitative estimate of drug-likeness (QED) is 0.614. The summed E-state index contributed by atoms with van der Waals surface area (Å²) in [5, 5.41) is 4.53. The number of aromatic nitrogens is 1. The van der Waals surface area contributed by atoms with E-state index in [9.17, 15) is 13.2 Å². The number of methoxy groups -OCH3 is 1. The first-order valence-corrected chi connectivity index (χ1v) is 7.33. The van der Waals surface area contributed by atoms with Gasteiger partial charge in [0.1, 0.15) is 12.4 Å². The summed E-state index contributed by atoms with van der Waals surface area (Å²) >= 11 is 0. The van der Waals surface area contributed by atoms with Gasteiger partial charge in [0.25, 0.3) is 5.88 Å². The minimum Gasteiger partial charge on any atom is -0.473 e. The Morgan fingerprint density at radius 2 is 1.72 bits per heavy atom. The Bertz CT molecular complexity index is 843. The molecule has 0 radical (unpaired) electrons. The molecule has 0 saturated carbocycles. The number of alkyl halides is 3. The lowest BCUT2D eigenvalue weighted by atomic mass is 10.0. The number of benzene rings is 2. The lowest BCUT2D eigenvalue weighted by molar-refractivity contribution is -0.274. The molecular formula is C17H14F3NO4. The first kappa shape index (κ1) is 17.1. The number of ether oxygens (including phenoxy) is 3. The molecule has 25 heavy (non-hydrogen) atoms. The molecule has 3 rings (SSSR count). The van der Waals surface area contributed by atoms with Gasteiger partial charge in [0.15, 0.2) is 5.58 Å². The fraction of sp³-hybridized carbons (Fsp3) is 0.235. The van der Waals surface area contributed by atoms with Crippen molar-refractivity contribution in [2.75, 3.05) is 20.3 Å². The molecule has 1 aromatic heterocycles. The molecule has 8 heteroatoms. The largest absolute Gasteiger partial charge is 0.573 e. The maximum atomic E-state index is 12.2. The summed E-state index contributed by atoms with van der Waals surface area (Å²) in [4.78, 5) is 0. The molecule has 0 saturated heterocycles. The SMILES string of the molecule is COCCOc1noc2ccc(-c3ccc(OC(F)(F)F)cc3)cc12. The van der Waals surface area contributed by atoms with Gasteiger partial charge in [-0.25, -0.2) is 0 Å². The lowest BCUT2D eigenvalue weighted by Gasteiger charge is -2.09. The van der Waals surface area contributed by atoms with Crippen molar-refractivity contribution in [1.82, 2.24) is 5.16 Å². The van der Waals surface area contributed by atoms with E-state index in [1.54, 1.807) is 37.4 Å². The summed E-state index contributed by atoms with van der Waals surface area (Å²) in [6, 6.07) is 10.9. The highest BCUT2D eigenvalue weighted by Gasteiger charge is 2.30. The Kier molecular flexibility index (Phi) is 4.80. The van der Waals surface area contributed by atoms with Gasteiger partial charge in [-0.15, -0.1) is 13.2 Å². The molecule has 0 spiro atoms. The zero-order valence-corrected chi connectivity index (χ0v) is 13.2. The molecule has 0 bridgehead atoms. The molecule has 3 aromatic rings. The van der Waals surface area contributed by atoms with Gasteiger partial charge in [0, 0.05) is 7.11 Å². The third-order valence-electron chi connectivity index (χ3n) is 3.38. The van der Waals surface area contributed by atoms with Crippen molar-refractivity contribution in [3.05, 3.63) is 42.5 Å². The highest BCUT2D eigenvalue weighted by atomic mass is 19.4. The second-order valence-electron chi connectivity index (χ2n) is 5.11. The van der Waals surface area contributed by atoms with Crippen LogP contribution in [-0.4, -0.2) is 31.8 Å². The van der Waals surface area contributed by atoms with Crippen LogP contribution in [0.4, 0.5) is 13.2 Å². The van der Waals surface area contributed by atoms with Crippen LogP contribution in [0.1, 0.15) is 0 Å². The van der Waals surface area contributed by atoms with E-state index in [0.717, 1.165) is 11.1 Å². The van der Waals surface area contributed by atoms with Gasteiger partial charge in [0.2, 0.25) is 0 Å². The van der Waals surface area contributed by atoms with Crippen molar-refractivity contribution in [3.8, 4) is 22.8 Å². The molecule has 0 fully saturated rings. The van der Waals surface area contributed by atoms with Gasteiger partial charge < -0.3 is 18.7 Å². The van der Waals surface area contributed by atoms with Crippen molar-refractivity contribution < 1.29 is 31.9 Å². The Morgan fingerprint density at radius 1 is 1.00 bits per heavy atom. The summed E-state index contributed by atoms with van der Waals surface area (Å²) < 4.78 is 56.1. The standard InChI is InChI=1S/C17H14F3NO4/c1-22-8-9-23-16-14-10-12(4-7-15(14)25-21-16)11-2-5-13(6-3-11)24-17(18,19)20/h2-7,10H,8-9H2,1H3. The molecule has 2 aromatic carbocycles. The molecule has 0 aliphatic heterocycles. The smallest absolute Gasteiger partial charge is 0.473 e. The van der Waals surface area contributed by atoms with Crippen LogP contribution < -0.4 is 9.47 Å². The van der Waals surface area contributed by atoms with E-state index in [1.165, 1.54) is 12.1 Å². The third-order valence-corrected chi connectivity index (χ3v) is 3.38. The zero-order chi connectivity index (χ0) is 17.9. The average molecular weight is 353 g/mol. The first-order chi connectivity index (χ1) is 12.0. The maximum Gasteiger partial charge on any atom is 0.573 e. The highest BCUT2D eigenvalue weighted by Crippen LogP contribution is 2.31. The van der Waals surface area contributed by atoms with Crippen LogP contribution in [0, 0.1) is 0 Å². The maximum absolute atomic E-state index is 12.2. The summed E-state index contributed by atoms with van der Waals surface area (Å²) in [7, 11) is 1.56. The van der Waals surface area contributed by atoms with Crippen molar-refractivity contribution >= 4 is 11.0 Å². The fourth-order valence-electron chi connectivity index (χ4n) is 2.27. The van der Waals surface area contributed by atoms with Gasteiger partial charge in [0.05, 0.1) is 12.0 Å². The van der Waals surface area contributed by atoms with Gasteiger partial charge in [-0.05, 0) is 40.5 Å². The van der Waals surface area contributed by atoms with Crippen molar-refractivity contribution in [2.24, 2.45) is 0 Å². The van der Waals surface area contributed by atoms with Gasteiger partial charge in [-0.3, -0.25) is 0 Å². The molecular weight excluding hydrogens is 339 g/mol. The van der Waals surface area contributed by atoms with Gasteiger partial charge in [-0.1, -0.05) is 18.2 Å². The van der Waals surface area contributed by atoms with Gasteiger partial charge in [-0.2, -0.15) is 0 Å². The van der Waals surface area contributed by atoms with E-state index in [0.29, 0.717) is 30.1 Å². The third kappa shape index (κ3) is 4.21. The summed E-state index contributed by atoms with van der Waals surface area (Å²) in [5.74, 6) is 0.0665. The predicted octanol–water partition coefficient (Wildman–Crippen LogP) is 4.42. The van der Waals surface area contributed by atoms with E-state index in [1.807, 2.05) is 0 Å². The number of halogens is 3. The van der Waals surface area contributed by atoms with E-state index < -0.39 is 6.36 Å². The molecule has 0 aliphatic rings. The number of hydrogen-bond donors (Lipinski definition) is 0. The summed E-state index contributed by atoms with van der Waals surface area (Å²) in [6.07, 6.45) is -4.71. The van der Waals surface area contributed by atoms with Crippen molar-refractivity contribution in [3.63, 3.8) is 0 Å². The molecule has 1 heterocycles. The Hall–Kier alpha value is -2.74. The molecule has 0 amide bonds. The van der Waals surface area contributed by atoms with E-state index in [-0.39, 0.29) is 5.75 Å². The fourth-order valence-corrected chi connectivity index (χ4v) is 2.27. The number of nitrogens with zero attached hydrogens (tertiary/aromatic N) is 1. The molecule has 0 unspecified atom stereocenters. The number of fused-ring (bicyclic) bond motifs is 1. The Balaban J connectivity index is 1.84. The predicted molar refractivity (Wildman–Crippen MR) is 83.5 cm³/mol. The number of hydrogen-bond acceptors (Lipinski definition) is 5. The molecule has 5 nitrogen and oxygen atoms in total. The van der Waals surface area contributed by atoms with Crippen molar-refractivity contribution in [2.45, 2.75) is 6.36 Å². The number of rotatable bonds is 6. The molecule has 132 valence electrons. The van der Waals surface area contributed by atoms with Crippen LogP contribution in [-0.2, 0) is 4.74 Å². The minimum absolute atomic E-state index is 0.272. The van der Waals surface area contributed by atoms with Crippen LogP contribution in [0.5, 0.6) is 11.6 Å². The second-order valence-corrected chi connectivity index (χ2v) is 5.11. The van der Waals surface area contributed by atoms with Crippen LogP contribution in [0.3, 0.4) is 0 Å². The normalized spacial score (nSPS) is 11.7. The average Bonchev–Trinajstić information content (AvgIpc) is 2.97. The Labute approximate surface area is 140 Å². The molecule has 0 aliphatic carbocycles. The highest BCUT2D eigenvalue weighted by molar-refractivity contribution is 5.87. The van der Waals surface area contributed by atoms with E-state index in [2.05, 4.69) is 9.89 Å². The van der Waals surface area contributed by atoms with Crippen LogP contribution in [0.25, 0.3) is 22.1 Å². The van der Waals surface area contributed by atoms with Crippen LogP contribution >= 0.6 is 0 Å². The monoisotopic (exact) mass is 353 g/mol. The van der Waals surface area contributed by atoms with E-state index >= 15 is 0 Å². The molecule has 0 atom stereocenters. The summed E-state index contributed by atoms with van der Waals surface area (Å²) in [6.45, 7) is 0.737. The minimum atomic E-state index is -4.71. The van der Waals surface area contributed by atoms with Gasteiger partial charge >= 0.3 is 6.36 Å². The Morgan fingerprint density at radius 3 is 2.40 bits per heavy atom. The van der Waals surface area contributed by atoms with Crippen molar-refractivity contribution in [1.29, 1.82) is 0 Å². The van der Waals surface area contributed by atoms with Crippen LogP contribution in [0.2, 0.25) is 0 Å². The second kappa shape index (κ2) is 7.02.